The van der Waals surface area contributed by atoms with Gasteiger partial charge in [-0.15, -0.1) is 11.3 Å². The standard InChI is InChI=1S/C13H13Cl2N3OS/c1-7(2)11-6-17-13(20-11)18(12(16)19)10-4-8(14)3-9(15)5-10/h3-7H,1-2H3,(H2,16,19). The van der Waals surface area contributed by atoms with E-state index < -0.39 is 6.03 Å². The molecule has 0 fully saturated rings. The van der Waals surface area contributed by atoms with Crippen molar-refractivity contribution in [1.29, 1.82) is 0 Å². The zero-order valence-corrected chi connectivity index (χ0v) is 13.3. The summed E-state index contributed by atoms with van der Waals surface area (Å²) in [5, 5.41) is 1.36. The summed E-state index contributed by atoms with van der Waals surface area (Å²) < 4.78 is 0. The molecule has 0 spiro atoms. The number of carbonyl (C=O) groups is 1. The van der Waals surface area contributed by atoms with E-state index in [1.165, 1.54) is 16.2 Å². The van der Waals surface area contributed by atoms with Crippen LogP contribution in [-0.2, 0) is 0 Å². The number of hydrogen-bond acceptors (Lipinski definition) is 3. The average Bonchev–Trinajstić information content (AvgIpc) is 2.76. The van der Waals surface area contributed by atoms with Crippen molar-refractivity contribution in [1.82, 2.24) is 4.98 Å². The zero-order valence-electron chi connectivity index (χ0n) is 10.9. The number of hydrogen-bond donors (Lipinski definition) is 1. The first-order valence-electron chi connectivity index (χ1n) is 5.90. The Kier molecular flexibility index (Phi) is 4.52. The number of amides is 2. The first-order valence-corrected chi connectivity index (χ1v) is 7.47. The number of primary amides is 1. The highest BCUT2D eigenvalue weighted by molar-refractivity contribution is 7.15. The third-order valence-electron chi connectivity index (χ3n) is 2.60. The molecule has 0 aliphatic heterocycles. The van der Waals surface area contributed by atoms with Crippen molar-refractivity contribution in [2.45, 2.75) is 19.8 Å². The number of aromatic nitrogens is 1. The first-order chi connectivity index (χ1) is 9.38. The largest absolute Gasteiger partial charge is 0.351 e. The Hall–Kier alpha value is -1.30. The lowest BCUT2D eigenvalue weighted by molar-refractivity contribution is 0.256. The molecule has 0 radical (unpaired) electrons. The molecule has 20 heavy (non-hydrogen) atoms. The molecule has 2 rings (SSSR count). The van der Waals surface area contributed by atoms with E-state index >= 15 is 0 Å². The Balaban J connectivity index is 2.47. The van der Waals surface area contributed by atoms with E-state index in [2.05, 4.69) is 18.8 Å². The van der Waals surface area contributed by atoms with Crippen molar-refractivity contribution in [3.63, 3.8) is 0 Å². The third kappa shape index (κ3) is 3.23. The molecule has 1 aromatic heterocycles. The van der Waals surface area contributed by atoms with E-state index in [9.17, 15) is 4.79 Å². The van der Waals surface area contributed by atoms with E-state index in [-0.39, 0.29) is 0 Å². The molecule has 0 atom stereocenters. The number of rotatable bonds is 3. The van der Waals surface area contributed by atoms with Gasteiger partial charge >= 0.3 is 6.03 Å². The molecule has 0 saturated heterocycles. The fourth-order valence-electron chi connectivity index (χ4n) is 1.65. The number of benzene rings is 1. The van der Waals surface area contributed by atoms with Crippen molar-refractivity contribution < 1.29 is 4.79 Å². The van der Waals surface area contributed by atoms with Crippen LogP contribution < -0.4 is 10.6 Å². The van der Waals surface area contributed by atoms with Crippen LogP contribution in [0.4, 0.5) is 15.6 Å². The predicted octanol–water partition coefficient (Wildman–Crippen LogP) is 4.79. The Morgan fingerprint density at radius 2 is 1.90 bits per heavy atom. The van der Waals surface area contributed by atoms with Crippen LogP contribution in [0.25, 0.3) is 0 Å². The van der Waals surface area contributed by atoms with Gasteiger partial charge in [0.1, 0.15) is 0 Å². The monoisotopic (exact) mass is 329 g/mol. The predicted molar refractivity (Wildman–Crippen MR) is 84.4 cm³/mol. The molecule has 0 aliphatic rings. The summed E-state index contributed by atoms with van der Waals surface area (Å²) in [6.45, 7) is 4.12. The minimum absolute atomic E-state index is 0.332. The molecule has 1 aromatic carbocycles. The Labute approximate surface area is 131 Å². The van der Waals surface area contributed by atoms with E-state index in [0.717, 1.165) is 4.88 Å². The number of anilines is 2. The van der Waals surface area contributed by atoms with Crippen LogP contribution in [0.5, 0.6) is 0 Å². The number of urea groups is 1. The van der Waals surface area contributed by atoms with Gasteiger partial charge in [-0.25, -0.2) is 14.7 Å². The zero-order chi connectivity index (χ0) is 14.9. The highest BCUT2D eigenvalue weighted by atomic mass is 35.5. The summed E-state index contributed by atoms with van der Waals surface area (Å²) in [5.41, 5.74) is 5.95. The molecule has 1 heterocycles. The van der Waals surface area contributed by atoms with E-state index in [1.807, 2.05) is 0 Å². The fraction of sp³-hybridized carbons (Fsp3) is 0.231. The van der Waals surface area contributed by atoms with Gasteiger partial charge in [-0.2, -0.15) is 0 Å². The number of thiazole rings is 1. The van der Waals surface area contributed by atoms with E-state index in [4.69, 9.17) is 28.9 Å². The number of nitrogens with zero attached hydrogens (tertiary/aromatic N) is 2. The molecule has 0 saturated carbocycles. The van der Waals surface area contributed by atoms with Crippen molar-refractivity contribution in [2.75, 3.05) is 4.90 Å². The molecule has 7 heteroatoms. The van der Waals surface area contributed by atoms with E-state index in [0.29, 0.717) is 26.8 Å². The Bertz CT molecular complexity index is 622. The fourth-order valence-corrected chi connectivity index (χ4v) is 3.11. The number of nitrogens with two attached hydrogens (primary N) is 1. The molecule has 2 aromatic rings. The second-order valence-corrected chi connectivity index (χ2v) is 6.41. The van der Waals surface area contributed by atoms with Crippen molar-refractivity contribution in [3.8, 4) is 0 Å². The lowest BCUT2D eigenvalue weighted by Crippen LogP contribution is -2.31. The van der Waals surface area contributed by atoms with Crippen LogP contribution in [0, 0.1) is 0 Å². The van der Waals surface area contributed by atoms with Crippen LogP contribution in [0.2, 0.25) is 10.0 Å². The number of halogens is 2. The smallest absolute Gasteiger partial charge is 0.325 e. The van der Waals surface area contributed by atoms with Crippen LogP contribution in [-0.4, -0.2) is 11.0 Å². The van der Waals surface area contributed by atoms with Gasteiger partial charge < -0.3 is 5.73 Å². The summed E-state index contributed by atoms with van der Waals surface area (Å²) in [4.78, 5) is 18.4. The van der Waals surface area contributed by atoms with Gasteiger partial charge in [0.2, 0.25) is 0 Å². The summed E-state index contributed by atoms with van der Waals surface area (Å²) >= 11 is 13.3. The molecular weight excluding hydrogens is 317 g/mol. The second-order valence-electron chi connectivity index (χ2n) is 4.50. The number of carbonyl (C=O) groups excluding carboxylic acids is 1. The van der Waals surface area contributed by atoms with Crippen LogP contribution in [0.1, 0.15) is 24.6 Å². The van der Waals surface area contributed by atoms with Gasteiger partial charge in [0, 0.05) is 21.1 Å². The molecule has 0 unspecified atom stereocenters. The van der Waals surface area contributed by atoms with E-state index in [1.54, 1.807) is 24.4 Å². The van der Waals surface area contributed by atoms with Gasteiger partial charge in [0.05, 0.1) is 5.69 Å². The minimum Gasteiger partial charge on any atom is -0.351 e. The lowest BCUT2D eigenvalue weighted by Gasteiger charge is -2.17. The summed E-state index contributed by atoms with van der Waals surface area (Å²) in [7, 11) is 0. The molecule has 4 nitrogen and oxygen atoms in total. The summed E-state index contributed by atoms with van der Waals surface area (Å²) in [6.07, 6.45) is 1.74. The Morgan fingerprint density at radius 1 is 1.30 bits per heavy atom. The van der Waals surface area contributed by atoms with Gasteiger partial charge in [-0.1, -0.05) is 37.0 Å². The molecule has 0 bridgehead atoms. The maximum Gasteiger partial charge on any atom is 0.325 e. The molecule has 2 amide bonds. The average molecular weight is 330 g/mol. The second kappa shape index (κ2) is 5.99. The lowest BCUT2D eigenvalue weighted by atomic mass is 10.2. The highest BCUT2D eigenvalue weighted by Gasteiger charge is 2.20. The van der Waals surface area contributed by atoms with Crippen LogP contribution >= 0.6 is 34.5 Å². The van der Waals surface area contributed by atoms with Crippen molar-refractivity contribution in [3.05, 3.63) is 39.3 Å². The topological polar surface area (TPSA) is 59.2 Å². The van der Waals surface area contributed by atoms with Crippen molar-refractivity contribution >= 4 is 51.4 Å². The molecular formula is C13H13Cl2N3OS. The van der Waals surface area contributed by atoms with Crippen LogP contribution in [0.15, 0.2) is 24.4 Å². The van der Waals surface area contributed by atoms with Gasteiger partial charge in [0.25, 0.3) is 0 Å². The maximum absolute atomic E-state index is 11.7. The SMILES string of the molecule is CC(C)c1cnc(N(C(N)=O)c2cc(Cl)cc(Cl)c2)s1. The molecule has 0 aliphatic carbocycles. The normalized spacial score (nSPS) is 10.8. The summed E-state index contributed by atoms with van der Waals surface area (Å²) in [5.74, 6) is 0.332. The van der Waals surface area contributed by atoms with Gasteiger partial charge in [-0.05, 0) is 24.1 Å². The quantitative estimate of drug-likeness (QED) is 0.879. The van der Waals surface area contributed by atoms with Gasteiger partial charge in [0.15, 0.2) is 5.13 Å². The Morgan fingerprint density at radius 3 is 2.35 bits per heavy atom. The summed E-state index contributed by atoms with van der Waals surface area (Å²) in [6, 6.07) is 4.20. The molecule has 106 valence electrons. The van der Waals surface area contributed by atoms with Crippen molar-refractivity contribution in [2.24, 2.45) is 5.73 Å². The highest BCUT2D eigenvalue weighted by Crippen LogP contribution is 2.34. The van der Waals surface area contributed by atoms with Gasteiger partial charge in [-0.3, -0.25) is 0 Å². The first kappa shape index (κ1) is 15.1. The maximum atomic E-state index is 11.7. The third-order valence-corrected chi connectivity index (χ3v) is 4.32. The molecule has 2 N–H and O–H groups in total. The minimum atomic E-state index is -0.631. The van der Waals surface area contributed by atoms with Crippen LogP contribution in [0.3, 0.4) is 0 Å².